The number of β-amino-alcohol motifs (C(OH)–C–C–N with tert-alkyl or cyclic N) is 1. The predicted molar refractivity (Wildman–Crippen MR) is 130 cm³/mol. The molecule has 0 aliphatic carbocycles. The summed E-state index contributed by atoms with van der Waals surface area (Å²) in [6, 6.07) is 10.0. The Kier molecular flexibility index (Phi) is 6.55. The lowest BCUT2D eigenvalue weighted by Crippen LogP contribution is -2.44. The number of piperidine rings is 1. The predicted octanol–water partition coefficient (Wildman–Crippen LogP) is 4.29. The molecule has 2 aliphatic heterocycles. The maximum atomic E-state index is 12.9. The molecular weight excluding hydrogens is 496 g/mol. The number of nitrogens with zero attached hydrogens (tertiary/aromatic N) is 3. The third kappa shape index (κ3) is 4.27. The first kappa shape index (κ1) is 22.8. The second-order valence-corrected chi connectivity index (χ2v) is 9.22. The monoisotopic (exact) mass is 518 g/mol. The highest BCUT2D eigenvalue weighted by Gasteiger charge is 2.31. The van der Waals surface area contributed by atoms with E-state index in [4.69, 9.17) is 16.6 Å². The Hall–Kier alpha value is -2.42. The lowest BCUT2D eigenvalue weighted by atomic mass is 9.99. The van der Waals surface area contributed by atoms with Gasteiger partial charge in [-0.2, -0.15) is 0 Å². The maximum Gasteiger partial charge on any atom is 0.321 e. The fourth-order valence-electron chi connectivity index (χ4n) is 4.07. The van der Waals surface area contributed by atoms with Gasteiger partial charge in [-0.1, -0.05) is 29.8 Å². The lowest BCUT2D eigenvalue weighted by Gasteiger charge is -2.30. The number of carbonyl (C=O) groups excluding carboxylic acids is 2. The fraction of sp³-hybridized carbons (Fsp3) is 0.348. The van der Waals surface area contributed by atoms with Crippen LogP contribution in [0.25, 0.3) is 0 Å². The first-order chi connectivity index (χ1) is 15.3. The third-order valence-electron chi connectivity index (χ3n) is 5.78. The van der Waals surface area contributed by atoms with Crippen molar-refractivity contribution in [2.24, 2.45) is 4.99 Å². The average Bonchev–Trinajstić information content (AvgIpc) is 2.86. The van der Waals surface area contributed by atoms with Crippen molar-refractivity contribution < 1.29 is 14.7 Å². The van der Waals surface area contributed by atoms with Crippen LogP contribution in [0.2, 0.25) is 5.02 Å². The zero-order valence-corrected chi connectivity index (χ0v) is 20.2. The molecule has 9 heteroatoms. The minimum Gasteiger partial charge on any atom is -0.391 e. The molecule has 0 radical (unpaired) electrons. The number of aliphatic hydroxyl groups is 1. The molecule has 2 aliphatic rings. The molecule has 2 atom stereocenters. The molecule has 1 fully saturated rings. The number of nitrogens with one attached hydrogen (secondary N) is 1. The van der Waals surface area contributed by atoms with Crippen LogP contribution >= 0.6 is 27.5 Å². The number of hydrogen-bond acceptors (Lipinski definition) is 4. The molecule has 0 aromatic heterocycles. The molecule has 2 aromatic rings. The summed E-state index contributed by atoms with van der Waals surface area (Å²) in [4.78, 5) is 33.6. The summed E-state index contributed by atoms with van der Waals surface area (Å²) in [7, 11) is 1.71. The molecule has 0 saturated carbocycles. The van der Waals surface area contributed by atoms with Gasteiger partial charge in [0.15, 0.2) is 0 Å². The number of halogens is 2. The van der Waals surface area contributed by atoms with Gasteiger partial charge in [-0.25, -0.2) is 4.79 Å². The number of likely N-dealkylation sites (tertiary alicyclic amines) is 1. The van der Waals surface area contributed by atoms with E-state index in [1.807, 2.05) is 18.2 Å². The first-order valence-electron chi connectivity index (χ1n) is 10.4. The zero-order valence-electron chi connectivity index (χ0n) is 17.8. The lowest BCUT2D eigenvalue weighted by molar-refractivity contribution is -0.119. The number of anilines is 2. The van der Waals surface area contributed by atoms with Crippen LogP contribution in [0.15, 0.2) is 45.9 Å². The molecule has 2 unspecified atom stereocenters. The van der Waals surface area contributed by atoms with E-state index in [2.05, 4.69) is 21.2 Å². The zero-order chi connectivity index (χ0) is 23.0. The van der Waals surface area contributed by atoms with Crippen molar-refractivity contribution in [1.29, 1.82) is 0 Å². The van der Waals surface area contributed by atoms with E-state index in [0.29, 0.717) is 57.2 Å². The van der Waals surface area contributed by atoms with Crippen LogP contribution in [0.3, 0.4) is 0 Å². The number of benzodiazepines with no additional fused rings is 1. The van der Waals surface area contributed by atoms with Crippen molar-refractivity contribution in [3.63, 3.8) is 0 Å². The minimum absolute atomic E-state index is 0.140. The number of likely N-dealkylation sites (N-methyl/N-ethyl adjacent to an activating group) is 1. The van der Waals surface area contributed by atoms with Gasteiger partial charge in [0.05, 0.1) is 27.7 Å². The quantitative estimate of drug-likeness (QED) is 0.621. The average molecular weight is 520 g/mol. The molecular formula is C23H24BrClN4O3. The maximum absolute atomic E-state index is 12.9. The van der Waals surface area contributed by atoms with Crippen LogP contribution < -0.4 is 10.2 Å². The molecule has 7 nitrogen and oxygen atoms in total. The van der Waals surface area contributed by atoms with Crippen LogP contribution in [0.4, 0.5) is 16.2 Å². The summed E-state index contributed by atoms with van der Waals surface area (Å²) in [5.41, 5.74) is 3.16. The largest absolute Gasteiger partial charge is 0.391 e. The fourth-order valence-corrected chi connectivity index (χ4v) is 4.92. The first-order valence-corrected chi connectivity index (χ1v) is 11.6. The topological polar surface area (TPSA) is 85.2 Å². The van der Waals surface area contributed by atoms with Gasteiger partial charge in [-0.15, -0.1) is 0 Å². The van der Waals surface area contributed by atoms with Gasteiger partial charge < -0.3 is 20.2 Å². The summed E-state index contributed by atoms with van der Waals surface area (Å²) in [6.07, 6.45) is 0.946. The Morgan fingerprint density at radius 2 is 2.03 bits per heavy atom. The van der Waals surface area contributed by atoms with Crippen molar-refractivity contribution in [3.05, 3.63) is 57.0 Å². The molecule has 2 heterocycles. The van der Waals surface area contributed by atoms with Crippen molar-refractivity contribution in [1.82, 2.24) is 4.90 Å². The Balaban J connectivity index is 1.79. The molecule has 2 N–H and O–H groups in total. The minimum atomic E-state index is -0.599. The van der Waals surface area contributed by atoms with Crippen LogP contribution in [0, 0.1) is 0 Å². The van der Waals surface area contributed by atoms with E-state index in [1.54, 1.807) is 42.0 Å². The SMILES string of the molecule is CC1N=C(c2ccccc2Cl)c2c(ccc(NC(=O)N3CCCC(O)C3)c2Br)N(C)C1=O. The van der Waals surface area contributed by atoms with Crippen molar-refractivity contribution in [2.45, 2.75) is 31.9 Å². The number of aliphatic hydroxyl groups excluding tert-OH is 1. The van der Waals surface area contributed by atoms with Gasteiger partial charge in [0, 0.05) is 36.3 Å². The van der Waals surface area contributed by atoms with E-state index < -0.39 is 12.1 Å². The number of fused-ring (bicyclic) bond motifs is 1. The molecule has 1 saturated heterocycles. The summed E-state index contributed by atoms with van der Waals surface area (Å²) in [5.74, 6) is -0.140. The second kappa shape index (κ2) is 9.21. The Morgan fingerprint density at radius 3 is 2.75 bits per heavy atom. The number of hydrogen-bond donors (Lipinski definition) is 2. The molecule has 2 aromatic carbocycles. The third-order valence-corrected chi connectivity index (χ3v) is 6.94. The number of amides is 3. The highest BCUT2D eigenvalue weighted by Crippen LogP contribution is 2.39. The van der Waals surface area contributed by atoms with Crippen molar-refractivity contribution in [3.8, 4) is 0 Å². The molecule has 0 spiro atoms. The highest BCUT2D eigenvalue weighted by atomic mass is 79.9. The van der Waals surface area contributed by atoms with Gasteiger partial charge in [-0.3, -0.25) is 9.79 Å². The normalized spacial score (nSPS) is 21.0. The van der Waals surface area contributed by atoms with Gasteiger partial charge in [0.2, 0.25) is 0 Å². The molecule has 168 valence electrons. The Labute approximate surface area is 200 Å². The van der Waals surface area contributed by atoms with Crippen molar-refractivity contribution >= 4 is 56.6 Å². The van der Waals surface area contributed by atoms with Crippen LogP contribution in [-0.2, 0) is 4.79 Å². The summed E-state index contributed by atoms with van der Waals surface area (Å²) in [6.45, 7) is 2.64. The van der Waals surface area contributed by atoms with E-state index in [1.165, 1.54) is 0 Å². The Morgan fingerprint density at radius 1 is 1.28 bits per heavy atom. The van der Waals surface area contributed by atoms with E-state index in [-0.39, 0.29) is 11.9 Å². The Bertz CT molecular complexity index is 1110. The standard InChI is InChI=1S/C23H24BrClN4O3/c1-13-22(31)28(2)18-10-9-17(27-23(32)29-11-5-6-14(30)12-29)20(24)19(18)21(26-13)15-7-3-4-8-16(15)25/h3-4,7-10,13-14,30H,5-6,11-12H2,1-2H3,(H,27,32). The van der Waals surface area contributed by atoms with Crippen molar-refractivity contribution in [2.75, 3.05) is 30.4 Å². The van der Waals surface area contributed by atoms with Crippen LogP contribution in [0.5, 0.6) is 0 Å². The molecule has 32 heavy (non-hydrogen) atoms. The highest BCUT2D eigenvalue weighted by molar-refractivity contribution is 9.10. The number of rotatable bonds is 2. The smallest absolute Gasteiger partial charge is 0.321 e. The molecule has 4 rings (SSSR count). The summed E-state index contributed by atoms with van der Waals surface area (Å²) in [5, 5.41) is 13.4. The van der Waals surface area contributed by atoms with Gasteiger partial charge >= 0.3 is 6.03 Å². The second-order valence-electron chi connectivity index (χ2n) is 8.02. The molecule has 3 amide bonds. The van der Waals surface area contributed by atoms with Crippen LogP contribution in [-0.4, -0.2) is 59.9 Å². The molecule has 0 bridgehead atoms. The van der Waals surface area contributed by atoms with Crippen LogP contribution in [0.1, 0.15) is 30.9 Å². The van der Waals surface area contributed by atoms with Gasteiger partial charge in [0.25, 0.3) is 5.91 Å². The number of aliphatic imine (C=N–C) groups is 1. The van der Waals surface area contributed by atoms with E-state index in [0.717, 1.165) is 6.42 Å². The number of urea groups is 1. The van der Waals surface area contributed by atoms with E-state index in [9.17, 15) is 14.7 Å². The number of carbonyl (C=O) groups is 2. The number of benzene rings is 2. The van der Waals surface area contributed by atoms with Gasteiger partial charge in [-0.05, 0) is 53.9 Å². The van der Waals surface area contributed by atoms with Gasteiger partial charge in [0.1, 0.15) is 6.04 Å². The summed E-state index contributed by atoms with van der Waals surface area (Å²) >= 11 is 10.1. The van der Waals surface area contributed by atoms with E-state index >= 15 is 0 Å². The summed E-state index contributed by atoms with van der Waals surface area (Å²) < 4.78 is 0.605.